The first-order valence-electron chi connectivity index (χ1n) is 9.22. The summed E-state index contributed by atoms with van der Waals surface area (Å²) in [5.74, 6) is 2.02. The number of hydrogen-bond acceptors (Lipinski definition) is 3. The number of nitrogens with one attached hydrogen (secondary N) is 2. The van der Waals surface area contributed by atoms with Crippen molar-refractivity contribution in [3.63, 3.8) is 0 Å². The minimum absolute atomic E-state index is 0. The molecule has 0 amide bonds. The molecule has 0 spiro atoms. The van der Waals surface area contributed by atoms with Crippen LogP contribution in [0.1, 0.15) is 35.7 Å². The molecule has 0 aliphatic heterocycles. The van der Waals surface area contributed by atoms with E-state index in [9.17, 15) is 4.39 Å². The van der Waals surface area contributed by atoms with Crippen molar-refractivity contribution in [3.05, 3.63) is 83.2 Å². The fraction of sp³-hybridized carbons (Fsp3) is 0.286. The van der Waals surface area contributed by atoms with E-state index in [0.29, 0.717) is 19.0 Å². The van der Waals surface area contributed by atoms with Crippen LogP contribution in [-0.2, 0) is 20.1 Å². The molecule has 0 aliphatic carbocycles. The Morgan fingerprint density at radius 3 is 2.55 bits per heavy atom. The summed E-state index contributed by atoms with van der Waals surface area (Å²) in [5, 5.41) is 14.9. The number of nitrogens with zero attached hydrogens (tertiary/aromatic N) is 4. The zero-order chi connectivity index (χ0) is 19.9. The van der Waals surface area contributed by atoms with Crippen LogP contribution in [0.5, 0.6) is 0 Å². The molecule has 3 rings (SSSR count). The minimum atomic E-state index is -0.262. The van der Waals surface area contributed by atoms with Gasteiger partial charge in [0.05, 0.1) is 19.1 Å². The molecule has 1 heterocycles. The van der Waals surface area contributed by atoms with Crippen LogP contribution in [0.4, 0.5) is 4.39 Å². The minimum Gasteiger partial charge on any atom is -0.350 e. The summed E-state index contributed by atoms with van der Waals surface area (Å²) >= 11 is 0. The third-order valence-electron chi connectivity index (χ3n) is 4.56. The van der Waals surface area contributed by atoms with E-state index < -0.39 is 0 Å². The zero-order valence-corrected chi connectivity index (χ0v) is 19.1. The van der Waals surface area contributed by atoms with Crippen molar-refractivity contribution in [1.29, 1.82) is 0 Å². The fourth-order valence-electron chi connectivity index (χ4n) is 2.76. The van der Waals surface area contributed by atoms with Gasteiger partial charge in [0.1, 0.15) is 11.6 Å². The molecule has 0 radical (unpaired) electrons. The summed E-state index contributed by atoms with van der Waals surface area (Å²) in [6, 6.07) is 16.7. The van der Waals surface area contributed by atoms with Gasteiger partial charge in [-0.25, -0.2) is 9.38 Å². The van der Waals surface area contributed by atoms with E-state index in [-0.39, 0.29) is 35.8 Å². The van der Waals surface area contributed by atoms with E-state index in [1.165, 1.54) is 12.1 Å². The Labute approximate surface area is 187 Å². The topological polar surface area (TPSA) is 67.1 Å². The molecular formula is C21H26FIN6. The molecule has 6 nitrogen and oxygen atoms in total. The van der Waals surface area contributed by atoms with Crippen LogP contribution in [0.2, 0.25) is 0 Å². The summed E-state index contributed by atoms with van der Waals surface area (Å²) in [6.45, 7) is 4.83. The van der Waals surface area contributed by atoms with E-state index in [2.05, 4.69) is 44.9 Å². The first kappa shape index (κ1) is 22.8. The number of aryl methyl sites for hydroxylation is 1. The van der Waals surface area contributed by atoms with Crippen molar-refractivity contribution >= 4 is 29.9 Å². The van der Waals surface area contributed by atoms with Crippen LogP contribution in [-0.4, -0.2) is 20.7 Å². The molecule has 1 unspecified atom stereocenters. The molecule has 1 atom stereocenters. The average molecular weight is 508 g/mol. The smallest absolute Gasteiger partial charge is 0.192 e. The monoisotopic (exact) mass is 508 g/mol. The lowest BCUT2D eigenvalue weighted by Gasteiger charge is -2.18. The average Bonchev–Trinajstić information content (AvgIpc) is 3.02. The molecule has 154 valence electrons. The van der Waals surface area contributed by atoms with Crippen molar-refractivity contribution in [3.8, 4) is 0 Å². The van der Waals surface area contributed by atoms with Gasteiger partial charge in [-0.05, 0) is 37.1 Å². The highest BCUT2D eigenvalue weighted by atomic mass is 127. The maximum atomic E-state index is 13.4. The van der Waals surface area contributed by atoms with Crippen LogP contribution in [0.25, 0.3) is 0 Å². The number of benzene rings is 2. The van der Waals surface area contributed by atoms with Crippen LogP contribution in [0, 0.1) is 12.7 Å². The van der Waals surface area contributed by atoms with E-state index in [4.69, 9.17) is 0 Å². The predicted octanol–water partition coefficient (Wildman–Crippen LogP) is 3.88. The second kappa shape index (κ2) is 10.9. The maximum absolute atomic E-state index is 13.4. The summed E-state index contributed by atoms with van der Waals surface area (Å²) in [4.78, 5) is 4.62. The van der Waals surface area contributed by atoms with Gasteiger partial charge >= 0.3 is 0 Å². The molecule has 0 aliphatic rings. The molecule has 1 aromatic heterocycles. The standard InChI is InChI=1S/C21H25FN6.HI/c1-15(18-9-5-4-6-10-18)25-21(23-13-17-8-7-11-19(22)12-17)24-14-20-27-26-16(2)28(20)3;/h4-12,15H,13-14H2,1-3H3,(H2,23,24,25);1H. The van der Waals surface area contributed by atoms with Crippen molar-refractivity contribution in [2.45, 2.75) is 33.0 Å². The Bertz CT molecular complexity index is 941. The molecule has 0 saturated heterocycles. The molecule has 29 heavy (non-hydrogen) atoms. The van der Waals surface area contributed by atoms with Crippen molar-refractivity contribution in [1.82, 2.24) is 25.4 Å². The van der Waals surface area contributed by atoms with Crippen molar-refractivity contribution in [2.24, 2.45) is 12.0 Å². The van der Waals surface area contributed by atoms with Gasteiger partial charge in [0.15, 0.2) is 11.8 Å². The van der Waals surface area contributed by atoms with Gasteiger partial charge in [-0.15, -0.1) is 34.2 Å². The van der Waals surface area contributed by atoms with Gasteiger partial charge < -0.3 is 15.2 Å². The Morgan fingerprint density at radius 2 is 1.90 bits per heavy atom. The Balaban J connectivity index is 0.00000300. The van der Waals surface area contributed by atoms with Crippen molar-refractivity contribution in [2.75, 3.05) is 0 Å². The number of guanidine groups is 1. The summed E-state index contributed by atoms with van der Waals surface area (Å²) in [7, 11) is 1.93. The molecule has 2 aromatic carbocycles. The van der Waals surface area contributed by atoms with E-state index in [0.717, 1.165) is 22.8 Å². The summed E-state index contributed by atoms with van der Waals surface area (Å²) in [6.07, 6.45) is 0. The number of rotatable bonds is 6. The number of aliphatic imine (C=N–C) groups is 1. The Morgan fingerprint density at radius 1 is 1.14 bits per heavy atom. The Kier molecular flexibility index (Phi) is 8.56. The second-order valence-electron chi connectivity index (χ2n) is 6.65. The lowest BCUT2D eigenvalue weighted by molar-refractivity contribution is 0.625. The lowest BCUT2D eigenvalue weighted by Crippen LogP contribution is -2.39. The van der Waals surface area contributed by atoms with E-state index in [1.54, 1.807) is 6.07 Å². The molecule has 8 heteroatoms. The summed E-state index contributed by atoms with van der Waals surface area (Å²) < 4.78 is 15.4. The largest absolute Gasteiger partial charge is 0.350 e. The number of hydrogen-bond donors (Lipinski definition) is 2. The summed E-state index contributed by atoms with van der Waals surface area (Å²) in [5.41, 5.74) is 1.96. The molecule has 0 fully saturated rings. The maximum Gasteiger partial charge on any atom is 0.192 e. The van der Waals surface area contributed by atoms with Gasteiger partial charge in [0, 0.05) is 7.05 Å². The third-order valence-corrected chi connectivity index (χ3v) is 4.56. The van der Waals surface area contributed by atoms with Gasteiger partial charge in [-0.3, -0.25) is 0 Å². The van der Waals surface area contributed by atoms with Gasteiger partial charge in [-0.2, -0.15) is 0 Å². The van der Waals surface area contributed by atoms with Gasteiger partial charge in [0.2, 0.25) is 0 Å². The zero-order valence-electron chi connectivity index (χ0n) is 16.8. The van der Waals surface area contributed by atoms with E-state index in [1.807, 2.05) is 42.8 Å². The predicted molar refractivity (Wildman–Crippen MR) is 124 cm³/mol. The highest BCUT2D eigenvalue weighted by Crippen LogP contribution is 2.11. The quantitative estimate of drug-likeness (QED) is 0.302. The molecular weight excluding hydrogens is 482 g/mol. The van der Waals surface area contributed by atoms with Crippen molar-refractivity contribution < 1.29 is 4.39 Å². The van der Waals surface area contributed by atoms with Gasteiger partial charge in [0.25, 0.3) is 0 Å². The molecule has 2 N–H and O–H groups in total. The second-order valence-corrected chi connectivity index (χ2v) is 6.65. The Hall–Kier alpha value is -2.49. The molecule has 0 bridgehead atoms. The lowest BCUT2D eigenvalue weighted by atomic mass is 10.1. The van der Waals surface area contributed by atoms with Gasteiger partial charge in [-0.1, -0.05) is 42.5 Å². The van der Waals surface area contributed by atoms with Crippen LogP contribution < -0.4 is 10.6 Å². The third kappa shape index (κ3) is 6.52. The number of halogens is 2. The molecule has 0 saturated carbocycles. The SMILES string of the molecule is Cc1nnc(CNC(=NCc2cccc(F)c2)NC(C)c2ccccc2)n1C.I. The number of aromatic nitrogens is 3. The first-order chi connectivity index (χ1) is 13.5. The van der Waals surface area contributed by atoms with Crippen LogP contribution in [0.3, 0.4) is 0 Å². The van der Waals surface area contributed by atoms with Crippen LogP contribution >= 0.6 is 24.0 Å². The normalized spacial score (nSPS) is 12.2. The van der Waals surface area contributed by atoms with Crippen LogP contribution in [0.15, 0.2) is 59.6 Å². The first-order valence-corrected chi connectivity index (χ1v) is 9.22. The van der Waals surface area contributed by atoms with E-state index >= 15 is 0 Å². The fourth-order valence-corrected chi connectivity index (χ4v) is 2.76. The highest BCUT2D eigenvalue weighted by Gasteiger charge is 2.10. The molecule has 3 aromatic rings. The highest BCUT2D eigenvalue weighted by molar-refractivity contribution is 14.0.